The summed E-state index contributed by atoms with van der Waals surface area (Å²) in [6.07, 6.45) is 1.02. The highest BCUT2D eigenvalue weighted by molar-refractivity contribution is 7.89. The van der Waals surface area contributed by atoms with E-state index in [2.05, 4.69) is 5.32 Å². The van der Waals surface area contributed by atoms with Gasteiger partial charge >= 0.3 is 0 Å². The standard InChI is InChI=1S/C24H32N2O3S/c1-17-6-8-21(9-7-17)16-25-23(27)24(5)10-12-26(13-11-24)30(28,29)22-15-19(3)18(2)14-20(22)4/h6-9,14-15H,10-13,16H2,1-5H3,(H,25,27). The maximum atomic E-state index is 13.2. The monoisotopic (exact) mass is 428 g/mol. The van der Waals surface area contributed by atoms with Crippen LogP contribution in [0.2, 0.25) is 0 Å². The molecule has 162 valence electrons. The summed E-state index contributed by atoms with van der Waals surface area (Å²) in [7, 11) is -3.57. The topological polar surface area (TPSA) is 66.5 Å². The van der Waals surface area contributed by atoms with Gasteiger partial charge in [-0.3, -0.25) is 4.79 Å². The molecule has 30 heavy (non-hydrogen) atoms. The van der Waals surface area contributed by atoms with Crippen LogP contribution in [0.25, 0.3) is 0 Å². The van der Waals surface area contributed by atoms with Gasteiger partial charge in [0.15, 0.2) is 0 Å². The predicted octanol–water partition coefficient (Wildman–Crippen LogP) is 4.03. The minimum atomic E-state index is -3.57. The van der Waals surface area contributed by atoms with Crippen LogP contribution in [0.15, 0.2) is 41.3 Å². The number of hydrogen-bond donors (Lipinski definition) is 1. The van der Waals surface area contributed by atoms with E-state index in [0.29, 0.717) is 37.4 Å². The van der Waals surface area contributed by atoms with E-state index in [1.54, 1.807) is 6.07 Å². The number of sulfonamides is 1. The van der Waals surface area contributed by atoms with Crippen molar-refractivity contribution in [2.45, 2.75) is 58.9 Å². The number of amides is 1. The Labute approximate surface area is 180 Å². The van der Waals surface area contributed by atoms with Crippen LogP contribution in [-0.4, -0.2) is 31.7 Å². The summed E-state index contributed by atoms with van der Waals surface area (Å²) in [5.74, 6) is -0.0116. The number of nitrogens with zero attached hydrogens (tertiary/aromatic N) is 1. The molecule has 2 aromatic carbocycles. The van der Waals surface area contributed by atoms with Crippen molar-refractivity contribution in [3.63, 3.8) is 0 Å². The molecule has 1 aliphatic heterocycles. The first-order valence-electron chi connectivity index (χ1n) is 10.4. The van der Waals surface area contributed by atoms with Crippen molar-refractivity contribution in [1.29, 1.82) is 0 Å². The van der Waals surface area contributed by atoms with Gasteiger partial charge in [0, 0.05) is 25.0 Å². The average Bonchev–Trinajstić information content (AvgIpc) is 2.70. The Bertz CT molecular complexity index is 1030. The largest absolute Gasteiger partial charge is 0.352 e. The minimum Gasteiger partial charge on any atom is -0.352 e. The van der Waals surface area contributed by atoms with Crippen molar-refractivity contribution >= 4 is 15.9 Å². The lowest BCUT2D eigenvalue weighted by Crippen LogP contribution is -2.48. The summed E-state index contributed by atoms with van der Waals surface area (Å²) < 4.78 is 28.0. The lowest BCUT2D eigenvalue weighted by atomic mass is 9.80. The van der Waals surface area contributed by atoms with Crippen molar-refractivity contribution in [3.05, 3.63) is 64.2 Å². The fourth-order valence-electron chi connectivity index (χ4n) is 3.90. The fourth-order valence-corrected chi connectivity index (χ4v) is 5.63. The fraction of sp³-hybridized carbons (Fsp3) is 0.458. The third-order valence-corrected chi connectivity index (χ3v) is 8.40. The molecule has 1 saturated heterocycles. The van der Waals surface area contributed by atoms with Crippen LogP contribution in [0.5, 0.6) is 0 Å². The van der Waals surface area contributed by atoms with Crippen LogP contribution in [-0.2, 0) is 21.4 Å². The van der Waals surface area contributed by atoms with E-state index in [9.17, 15) is 13.2 Å². The van der Waals surface area contributed by atoms with Crippen molar-refractivity contribution in [2.75, 3.05) is 13.1 Å². The highest BCUT2D eigenvalue weighted by atomic mass is 32.2. The molecule has 0 saturated carbocycles. The van der Waals surface area contributed by atoms with Crippen LogP contribution in [0, 0.1) is 33.1 Å². The van der Waals surface area contributed by atoms with Gasteiger partial charge in [-0.25, -0.2) is 8.42 Å². The highest BCUT2D eigenvalue weighted by Gasteiger charge is 2.40. The van der Waals surface area contributed by atoms with Gasteiger partial charge in [-0.1, -0.05) is 42.8 Å². The summed E-state index contributed by atoms with van der Waals surface area (Å²) in [5, 5.41) is 3.03. The van der Waals surface area contributed by atoms with Gasteiger partial charge in [0.2, 0.25) is 15.9 Å². The number of aryl methyl sites for hydroxylation is 4. The van der Waals surface area contributed by atoms with E-state index in [1.165, 1.54) is 9.87 Å². The van der Waals surface area contributed by atoms with Crippen LogP contribution in [0.1, 0.15) is 47.6 Å². The zero-order valence-electron chi connectivity index (χ0n) is 18.6. The molecule has 0 radical (unpaired) electrons. The lowest BCUT2D eigenvalue weighted by Gasteiger charge is -2.37. The summed E-state index contributed by atoms with van der Waals surface area (Å²) in [6.45, 7) is 10.9. The van der Waals surface area contributed by atoms with Crippen LogP contribution < -0.4 is 5.32 Å². The van der Waals surface area contributed by atoms with Crippen molar-refractivity contribution in [3.8, 4) is 0 Å². The first-order valence-corrected chi connectivity index (χ1v) is 11.9. The van der Waals surface area contributed by atoms with Gasteiger partial charge in [-0.2, -0.15) is 4.31 Å². The molecule has 0 unspecified atom stereocenters. The van der Waals surface area contributed by atoms with Crippen molar-refractivity contribution < 1.29 is 13.2 Å². The molecule has 1 fully saturated rings. The maximum absolute atomic E-state index is 13.2. The van der Waals surface area contributed by atoms with Gasteiger partial charge < -0.3 is 5.32 Å². The smallest absolute Gasteiger partial charge is 0.243 e. The predicted molar refractivity (Wildman–Crippen MR) is 120 cm³/mol. The van der Waals surface area contributed by atoms with Crippen LogP contribution >= 0.6 is 0 Å². The van der Waals surface area contributed by atoms with E-state index < -0.39 is 15.4 Å². The second-order valence-corrected chi connectivity index (χ2v) is 10.7. The molecule has 0 bridgehead atoms. The van der Waals surface area contributed by atoms with Crippen LogP contribution in [0.3, 0.4) is 0 Å². The Morgan fingerprint density at radius 2 is 1.53 bits per heavy atom. The van der Waals surface area contributed by atoms with Crippen molar-refractivity contribution in [1.82, 2.24) is 9.62 Å². The number of piperidine rings is 1. The molecule has 0 aromatic heterocycles. The van der Waals surface area contributed by atoms with E-state index in [-0.39, 0.29) is 5.91 Å². The molecule has 1 N–H and O–H groups in total. The molecule has 1 amide bonds. The van der Waals surface area contributed by atoms with Gasteiger partial charge in [0.1, 0.15) is 0 Å². The summed E-state index contributed by atoms with van der Waals surface area (Å²) >= 11 is 0. The molecule has 3 rings (SSSR count). The zero-order valence-corrected chi connectivity index (χ0v) is 19.4. The first kappa shape index (κ1) is 22.5. The minimum absolute atomic E-state index is 0.0116. The second-order valence-electron chi connectivity index (χ2n) is 8.83. The molecular formula is C24H32N2O3S. The summed E-state index contributed by atoms with van der Waals surface area (Å²) in [5.41, 5.74) is 4.50. The summed E-state index contributed by atoms with van der Waals surface area (Å²) in [4.78, 5) is 13.2. The molecule has 2 aromatic rings. The Morgan fingerprint density at radius 3 is 2.13 bits per heavy atom. The van der Waals surface area contributed by atoms with E-state index >= 15 is 0 Å². The Kier molecular flexibility index (Phi) is 6.39. The Hall–Kier alpha value is -2.18. The van der Waals surface area contributed by atoms with E-state index in [0.717, 1.165) is 22.3 Å². The van der Waals surface area contributed by atoms with Crippen LogP contribution in [0.4, 0.5) is 0 Å². The first-order chi connectivity index (χ1) is 14.0. The van der Waals surface area contributed by atoms with Gasteiger partial charge in [-0.15, -0.1) is 0 Å². The quantitative estimate of drug-likeness (QED) is 0.782. The lowest BCUT2D eigenvalue weighted by molar-refractivity contribution is -0.132. The average molecular weight is 429 g/mol. The third kappa shape index (κ3) is 4.60. The molecule has 1 heterocycles. The SMILES string of the molecule is Cc1ccc(CNC(=O)C2(C)CCN(S(=O)(=O)c3cc(C)c(C)cc3C)CC2)cc1. The molecule has 0 atom stereocenters. The van der Waals surface area contributed by atoms with Gasteiger partial charge in [0.05, 0.1) is 4.90 Å². The van der Waals surface area contributed by atoms with Crippen molar-refractivity contribution in [2.24, 2.45) is 5.41 Å². The molecule has 5 nitrogen and oxygen atoms in total. The number of benzene rings is 2. The zero-order chi connectivity index (χ0) is 22.1. The Balaban J connectivity index is 1.66. The van der Waals surface area contributed by atoms with E-state index in [4.69, 9.17) is 0 Å². The highest BCUT2D eigenvalue weighted by Crippen LogP contribution is 2.34. The van der Waals surface area contributed by atoms with Gasteiger partial charge in [-0.05, 0) is 68.9 Å². The van der Waals surface area contributed by atoms with E-state index in [1.807, 2.05) is 65.0 Å². The molecule has 0 aliphatic carbocycles. The summed E-state index contributed by atoms with van der Waals surface area (Å²) in [6, 6.07) is 11.8. The Morgan fingerprint density at radius 1 is 0.967 bits per heavy atom. The third-order valence-electron chi connectivity index (χ3n) is 6.36. The number of carbonyl (C=O) groups excluding carboxylic acids is 1. The number of nitrogens with one attached hydrogen (secondary N) is 1. The normalized spacial score (nSPS) is 17.0. The molecule has 1 aliphatic rings. The number of hydrogen-bond acceptors (Lipinski definition) is 3. The second kappa shape index (κ2) is 8.52. The molecule has 0 spiro atoms. The van der Waals surface area contributed by atoms with Gasteiger partial charge in [0.25, 0.3) is 0 Å². The molecular weight excluding hydrogens is 396 g/mol. The maximum Gasteiger partial charge on any atom is 0.243 e. The number of rotatable bonds is 5. The number of carbonyl (C=O) groups is 1. The molecule has 6 heteroatoms.